The van der Waals surface area contributed by atoms with Gasteiger partial charge in [0.15, 0.2) is 0 Å². The number of nitrogens with zero attached hydrogens (tertiary/aromatic N) is 2. The van der Waals surface area contributed by atoms with E-state index in [1.165, 1.54) is 116 Å². The molecule has 2 nitrogen and oxygen atoms in total. The lowest BCUT2D eigenvalue weighted by atomic mass is 9.86. The minimum Gasteiger partial charge on any atom is -0.365 e. The van der Waals surface area contributed by atoms with E-state index in [1.54, 1.807) is 22.5 Å². The van der Waals surface area contributed by atoms with E-state index < -0.39 is 0 Å². The molecule has 1 aliphatic rings. The van der Waals surface area contributed by atoms with E-state index in [4.69, 9.17) is 0 Å². The molecule has 34 heavy (non-hydrogen) atoms. The number of aryl methyl sites for hydroxylation is 1. The van der Waals surface area contributed by atoms with Crippen LogP contribution in [0.5, 0.6) is 0 Å². The predicted octanol–water partition coefficient (Wildman–Crippen LogP) is 9.72. The summed E-state index contributed by atoms with van der Waals surface area (Å²) in [6.07, 6.45) is 20.9. The molecule has 1 heterocycles. The molecule has 0 saturated carbocycles. The fourth-order valence-corrected chi connectivity index (χ4v) is 5.96. The van der Waals surface area contributed by atoms with Gasteiger partial charge in [-0.05, 0) is 68.6 Å². The fourth-order valence-electron chi connectivity index (χ4n) is 5.96. The van der Waals surface area contributed by atoms with E-state index in [9.17, 15) is 0 Å². The largest absolute Gasteiger partial charge is 0.365 e. The summed E-state index contributed by atoms with van der Waals surface area (Å²) in [6.45, 7) is 16.6. The summed E-state index contributed by atoms with van der Waals surface area (Å²) >= 11 is 0. The highest BCUT2D eigenvalue weighted by molar-refractivity contribution is 5.79. The first-order valence-corrected chi connectivity index (χ1v) is 15.4. The lowest BCUT2D eigenvalue weighted by Crippen LogP contribution is -2.57. The van der Waals surface area contributed by atoms with E-state index in [2.05, 4.69) is 63.5 Å². The molecule has 196 valence electrons. The third kappa shape index (κ3) is 7.66. The molecule has 0 amide bonds. The van der Waals surface area contributed by atoms with Crippen molar-refractivity contribution in [3.63, 3.8) is 0 Å². The summed E-state index contributed by atoms with van der Waals surface area (Å²) in [5.41, 5.74) is 6.58. The number of fused-ring (bicyclic) bond motifs is 1. The van der Waals surface area contributed by atoms with E-state index in [-0.39, 0.29) is 0 Å². The Bertz CT molecular complexity index is 667. The summed E-state index contributed by atoms with van der Waals surface area (Å²) in [7, 11) is 0. The highest BCUT2D eigenvalue weighted by Gasteiger charge is 2.39. The first-order chi connectivity index (χ1) is 16.7. The number of hydrogen-bond donors (Lipinski definition) is 0. The third-order valence-electron chi connectivity index (χ3n) is 7.99. The summed E-state index contributed by atoms with van der Waals surface area (Å²) < 4.78 is 0. The number of hydrogen-bond acceptors (Lipinski definition) is 2. The van der Waals surface area contributed by atoms with Gasteiger partial charge in [-0.1, -0.05) is 99.0 Å². The van der Waals surface area contributed by atoms with Crippen LogP contribution in [0.1, 0.15) is 143 Å². The van der Waals surface area contributed by atoms with Gasteiger partial charge in [0.1, 0.15) is 0 Å². The molecule has 0 aromatic heterocycles. The normalized spacial score (nSPS) is 17.9. The lowest BCUT2D eigenvalue weighted by molar-refractivity contribution is 0.376. The minimum absolute atomic E-state index is 0.669. The maximum absolute atomic E-state index is 2.96. The number of unbranched alkanes of at least 4 members (excludes halogenated alkanes) is 6. The molecule has 2 atom stereocenters. The van der Waals surface area contributed by atoms with Gasteiger partial charge in [-0.3, -0.25) is 0 Å². The van der Waals surface area contributed by atoms with Crippen molar-refractivity contribution >= 4 is 11.4 Å². The van der Waals surface area contributed by atoms with Gasteiger partial charge in [-0.2, -0.15) is 0 Å². The summed E-state index contributed by atoms with van der Waals surface area (Å²) in [6, 6.07) is 6.41. The Morgan fingerprint density at radius 1 is 0.559 bits per heavy atom. The molecular formula is C32H58N2. The molecule has 0 aliphatic carbocycles. The monoisotopic (exact) mass is 470 g/mol. The lowest BCUT2D eigenvalue weighted by Gasteiger charge is -2.52. The van der Waals surface area contributed by atoms with E-state index >= 15 is 0 Å². The maximum atomic E-state index is 2.96. The zero-order valence-electron chi connectivity index (χ0n) is 23.9. The number of benzene rings is 1. The molecule has 1 aliphatic heterocycles. The molecule has 2 unspecified atom stereocenters. The average Bonchev–Trinajstić information content (AvgIpc) is 2.86. The quantitative estimate of drug-likeness (QED) is 0.211. The minimum atomic E-state index is 0.669. The Kier molecular flexibility index (Phi) is 14.1. The van der Waals surface area contributed by atoms with Gasteiger partial charge in [0, 0.05) is 25.2 Å². The van der Waals surface area contributed by atoms with Gasteiger partial charge in [0.05, 0.1) is 11.4 Å². The summed E-state index contributed by atoms with van der Waals surface area (Å²) in [4.78, 5) is 5.86. The summed E-state index contributed by atoms with van der Waals surface area (Å²) in [5, 5.41) is 0. The van der Waals surface area contributed by atoms with Crippen molar-refractivity contribution in [3.05, 3.63) is 23.3 Å². The Labute approximate surface area is 213 Å². The van der Waals surface area contributed by atoms with Crippen LogP contribution in [0.4, 0.5) is 11.4 Å². The van der Waals surface area contributed by atoms with Crippen LogP contribution in [0, 0.1) is 0 Å². The SMILES string of the molecule is CCCCc1ccc2c(c1CCCC)N(CCCC)C(CCCC)C(CCCC)N2CCCC. The zero-order valence-corrected chi connectivity index (χ0v) is 23.9. The van der Waals surface area contributed by atoms with Crippen LogP contribution in [0.3, 0.4) is 0 Å². The second-order valence-electron chi connectivity index (χ2n) is 10.8. The van der Waals surface area contributed by atoms with Gasteiger partial charge in [0.2, 0.25) is 0 Å². The Hall–Kier alpha value is -1.18. The van der Waals surface area contributed by atoms with Gasteiger partial charge in [0.25, 0.3) is 0 Å². The predicted molar refractivity (Wildman–Crippen MR) is 155 cm³/mol. The van der Waals surface area contributed by atoms with Crippen molar-refractivity contribution in [1.29, 1.82) is 0 Å². The van der Waals surface area contributed by atoms with Crippen molar-refractivity contribution in [1.82, 2.24) is 0 Å². The Morgan fingerprint density at radius 3 is 1.62 bits per heavy atom. The highest BCUT2D eigenvalue weighted by atomic mass is 15.3. The molecule has 1 aromatic carbocycles. The van der Waals surface area contributed by atoms with Crippen LogP contribution in [-0.2, 0) is 12.8 Å². The molecule has 0 spiro atoms. The second-order valence-corrected chi connectivity index (χ2v) is 10.8. The van der Waals surface area contributed by atoms with E-state index in [1.807, 2.05) is 0 Å². The van der Waals surface area contributed by atoms with Crippen molar-refractivity contribution in [2.75, 3.05) is 22.9 Å². The molecule has 0 saturated heterocycles. The third-order valence-corrected chi connectivity index (χ3v) is 7.99. The van der Waals surface area contributed by atoms with Gasteiger partial charge in [-0.15, -0.1) is 0 Å². The van der Waals surface area contributed by atoms with Crippen molar-refractivity contribution in [3.8, 4) is 0 Å². The van der Waals surface area contributed by atoms with Gasteiger partial charge < -0.3 is 9.80 Å². The van der Waals surface area contributed by atoms with Crippen LogP contribution in [0.25, 0.3) is 0 Å². The van der Waals surface area contributed by atoms with Crippen LogP contribution in [0.2, 0.25) is 0 Å². The standard InChI is InChI=1S/C32H58N2/c1-7-13-19-27-23-24-31-32(28(27)20-14-8-2)34(26-18-12-6)30(22-16-10-4)29(21-15-9-3)33(31)25-17-11-5/h23-24,29-30H,7-22,25-26H2,1-6H3. The van der Waals surface area contributed by atoms with Crippen molar-refractivity contribution < 1.29 is 0 Å². The van der Waals surface area contributed by atoms with Crippen LogP contribution in [0.15, 0.2) is 12.1 Å². The molecule has 0 bridgehead atoms. The molecule has 0 radical (unpaired) electrons. The molecular weight excluding hydrogens is 412 g/mol. The van der Waals surface area contributed by atoms with E-state index in [0.717, 1.165) is 0 Å². The van der Waals surface area contributed by atoms with Crippen molar-refractivity contribution in [2.24, 2.45) is 0 Å². The highest BCUT2D eigenvalue weighted by Crippen LogP contribution is 2.45. The Morgan fingerprint density at radius 2 is 1.06 bits per heavy atom. The molecule has 2 rings (SSSR count). The maximum Gasteiger partial charge on any atom is 0.0642 e. The Balaban J connectivity index is 2.68. The molecule has 2 heteroatoms. The number of anilines is 2. The second kappa shape index (κ2) is 16.5. The average molecular weight is 471 g/mol. The van der Waals surface area contributed by atoms with Gasteiger partial charge >= 0.3 is 0 Å². The van der Waals surface area contributed by atoms with Gasteiger partial charge in [-0.25, -0.2) is 0 Å². The van der Waals surface area contributed by atoms with Crippen LogP contribution in [-0.4, -0.2) is 25.2 Å². The molecule has 0 N–H and O–H groups in total. The first kappa shape index (κ1) is 29.1. The molecule has 0 fully saturated rings. The zero-order chi connectivity index (χ0) is 24.8. The van der Waals surface area contributed by atoms with E-state index in [0.29, 0.717) is 12.1 Å². The topological polar surface area (TPSA) is 6.48 Å². The summed E-state index contributed by atoms with van der Waals surface area (Å²) in [5.74, 6) is 0. The molecule has 1 aromatic rings. The smallest absolute Gasteiger partial charge is 0.0642 e. The van der Waals surface area contributed by atoms with Crippen LogP contribution >= 0.6 is 0 Å². The fraction of sp³-hybridized carbons (Fsp3) is 0.812. The number of rotatable bonds is 18. The van der Waals surface area contributed by atoms with Crippen molar-refractivity contribution in [2.45, 2.75) is 156 Å². The first-order valence-electron chi connectivity index (χ1n) is 15.4. The van der Waals surface area contributed by atoms with Crippen LogP contribution < -0.4 is 9.80 Å².